The maximum absolute atomic E-state index is 13.8. The van der Waals surface area contributed by atoms with Gasteiger partial charge in [-0.2, -0.15) is 9.78 Å². The van der Waals surface area contributed by atoms with Crippen LogP contribution in [0.1, 0.15) is 24.5 Å². The summed E-state index contributed by atoms with van der Waals surface area (Å²) in [5, 5.41) is 7.84. The number of nitrogens with zero attached hydrogens (tertiary/aromatic N) is 7. The van der Waals surface area contributed by atoms with Crippen molar-refractivity contribution in [1.82, 2.24) is 29.6 Å². The van der Waals surface area contributed by atoms with Gasteiger partial charge in [0.2, 0.25) is 11.9 Å². The van der Waals surface area contributed by atoms with E-state index < -0.39 is 17.4 Å². The first kappa shape index (κ1) is 23.4. The zero-order valence-corrected chi connectivity index (χ0v) is 20.3. The molecule has 1 aromatic carbocycles. The number of nitrogens with one attached hydrogen (secondary N) is 1. The Hall–Kier alpha value is -3.99. The second-order valence-corrected chi connectivity index (χ2v) is 9.67. The van der Waals surface area contributed by atoms with Gasteiger partial charge >= 0.3 is 0 Å². The second-order valence-electron chi connectivity index (χ2n) is 9.67. The SMILES string of the molecule is CN1CCN(c2ccc(Nc3ncc4c(=O)n(-c5ccccn5)nc(C5CC(F)(F)C5)c4n3)cc2)CC1. The number of hydrogen-bond acceptors (Lipinski definition) is 8. The number of hydrogen-bond donors (Lipinski definition) is 1. The molecule has 0 spiro atoms. The normalized spacial score (nSPS) is 18.1. The number of pyridine rings is 1. The summed E-state index contributed by atoms with van der Waals surface area (Å²) in [7, 11) is 2.12. The van der Waals surface area contributed by atoms with E-state index in [-0.39, 0.29) is 29.7 Å². The van der Waals surface area contributed by atoms with E-state index >= 15 is 0 Å². The van der Waals surface area contributed by atoms with Gasteiger partial charge in [-0.1, -0.05) is 6.07 Å². The number of benzene rings is 1. The summed E-state index contributed by atoms with van der Waals surface area (Å²) in [5.74, 6) is -2.68. The first-order valence-electron chi connectivity index (χ1n) is 12.3. The van der Waals surface area contributed by atoms with Crippen molar-refractivity contribution in [2.45, 2.75) is 24.7 Å². The van der Waals surface area contributed by atoms with Gasteiger partial charge in [0.15, 0.2) is 5.82 Å². The summed E-state index contributed by atoms with van der Waals surface area (Å²) < 4.78 is 28.7. The van der Waals surface area contributed by atoms with Crippen LogP contribution in [0.25, 0.3) is 16.7 Å². The fourth-order valence-electron chi connectivity index (χ4n) is 4.82. The molecule has 3 aromatic heterocycles. The smallest absolute Gasteiger partial charge is 0.283 e. The molecule has 1 N–H and O–H groups in total. The zero-order valence-electron chi connectivity index (χ0n) is 20.3. The molecule has 0 radical (unpaired) electrons. The van der Waals surface area contributed by atoms with Crippen LogP contribution >= 0.6 is 0 Å². The number of piperazine rings is 1. The molecule has 37 heavy (non-hydrogen) atoms. The summed E-state index contributed by atoms with van der Waals surface area (Å²) in [6.45, 7) is 4.00. The Bertz CT molecular complexity index is 1480. The molecule has 0 atom stereocenters. The van der Waals surface area contributed by atoms with E-state index in [4.69, 9.17) is 0 Å². The van der Waals surface area contributed by atoms with Crippen LogP contribution in [0, 0.1) is 0 Å². The van der Waals surface area contributed by atoms with Gasteiger partial charge in [-0.3, -0.25) is 4.79 Å². The first-order chi connectivity index (χ1) is 17.9. The predicted molar refractivity (Wildman–Crippen MR) is 137 cm³/mol. The lowest BCUT2D eigenvalue weighted by Gasteiger charge is -2.34. The van der Waals surface area contributed by atoms with E-state index in [0.717, 1.165) is 42.2 Å². The number of halogens is 2. The molecule has 1 saturated heterocycles. The number of anilines is 3. The third-order valence-electron chi connectivity index (χ3n) is 7.00. The molecule has 11 heteroatoms. The van der Waals surface area contributed by atoms with Crippen molar-refractivity contribution in [3.05, 3.63) is 70.9 Å². The van der Waals surface area contributed by atoms with E-state index in [1.54, 1.807) is 24.4 Å². The van der Waals surface area contributed by atoms with Gasteiger partial charge in [-0.05, 0) is 43.4 Å². The Kier molecular flexibility index (Phi) is 5.79. The molecule has 2 aliphatic rings. The first-order valence-corrected chi connectivity index (χ1v) is 12.3. The van der Waals surface area contributed by atoms with Crippen molar-refractivity contribution in [2.24, 2.45) is 0 Å². The fraction of sp³-hybridized carbons (Fsp3) is 0.346. The van der Waals surface area contributed by atoms with Crippen LogP contribution < -0.4 is 15.8 Å². The van der Waals surface area contributed by atoms with Crippen molar-refractivity contribution >= 4 is 28.2 Å². The fourth-order valence-corrected chi connectivity index (χ4v) is 4.82. The van der Waals surface area contributed by atoms with Crippen molar-refractivity contribution in [1.29, 1.82) is 0 Å². The summed E-state index contributed by atoms with van der Waals surface area (Å²) in [4.78, 5) is 31.0. The minimum atomic E-state index is -2.75. The lowest BCUT2D eigenvalue weighted by atomic mass is 9.78. The van der Waals surface area contributed by atoms with E-state index in [2.05, 4.69) is 42.2 Å². The van der Waals surface area contributed by atoms with Gasteiger partial charge in [0, 0.05) is 68.7 Å². The van der Waals surface area contributed by atoms with Crippen molar-refractivity contribution in [3.8, 4) is 5.82 Å². The number of rotatable bonds is 5. The molecule has 0 amide bonds. The number of alkyl halides is 2. The van der Waals surface area contributed by atoms with Gasteiger partial charge in [-0.15, -0.1) is 0 Å². The molecule has 190 valence electrons. The van der Waals surface area contributed by atoms with Crippen molar-refractivity contribution in [3.63, 3.8) is 0 Å². The Labute approximate surface area is 211 Å². The van der Waals surface area contributed by atoms with Crippen LogP contribution in [0.15, 0.2) is 59.7 Å². The highest BCUT2D eigenvalue weighted by atomic mass is 19.3. The van der Waals surface area contributed by atoms with Crippen LogP contribution in [-0.2, 0) is 0 Å². The lowest BCUT2D eigenvalue weighted by Crippen LogP contribution is -2.44. The average Bonchev–Trinajstić information content (AvgIpc) is 2.89. The highest BCUT2D eigenvalue weighted by Gasteiger charge is 2.47. The van der Waals surface area contributed by atoms with E-state index in [0.29, 0.717) is 11.5 Å². The maximum Gasteiger partial charge on any atom is 0.283 e. The summed E-state index contributed by atoms with van der Waals surface area (Å²) >= 11 is 0. The Morgan fingerprint density at radius 1 is 1.00 bits per heavy atom. The van der Waals surface area contributed by atoms with Crippen LogP contribution in [0.3, 0.4) is 0 Å². The average molecular weight is 505 g/mol. The molecular formula is C26H26F2N8O. The largest absolute Gasteiger partial charge is 0.369 e. The third kappa shape index (κ3) is 4.62. The second kappa shape index (κ2) is 9.15. The molecule has 4 aromatic rings. The number of likely N-dealkylation sites (N-methyl/N-ethyl adjacent to an activating group) is 1. The molecule has 4 heterocycles. The van der Waals surface area contributed by atoms with Gasteiger partial charge < -0.3 is 15.1 Å². The maximum atomic E-state index is 13.8. The standard InChI is InChI=1S/C26H26F2N8O/c1-34-10-12-35(13-11-34)19-7-5-18(6-8-19)31-25-30-16-20-23(32-25)22(17-14-26(27,28)15-17)33-36(24(20)37)21-4-2-3-9-29-21/h2-9,16-17H,10-15H2,1H3,(H,30,31,32). The minimum absolute atomic E-state index is 0.210. The quantitative estimate of drug-likeness (QED) is 0.441. The summed E-state index contributed by atoms with van der Waals surface area (Å²) in [5.41, 5.74) is 2.10. The van der Waals surface area contributed by atoms with Crippen molar-refractivity contribution in [2.75, 3.05) is 43.4 Å². The number of fused-ring (bicyclic) bond motifs is 1. The van der Waals surface area contributed by atoms with Crippen LogP contribution in [0.4, 0.5) is 26.1 Å². The van der Waals surface area contributed by atoms with Crippen LogP contribution in [0.2, 0.25) is 0 Å². The minimum Gasteiger partial charge on any atom is -0.369 e. The monoisotopic (exact) mass is 504 g/mol. The zero-order chi connectivity index (χ0) is 25.6. The van der Waals surface area contributed by atoms with E-state index in [1.807, 2.05) is 24.3 Å². The molecule has 1 aliphatic heterocycles. The molecule has 1 saturated carbocycles. The molecule has 2 fully saturated rings. The third-order valence-corrected chi connectivity index (χ3v) is 7.00. The molecule has 0 unspecified atom stereocenters. The molecule has 9 nitrogen and oxygen atoms in total. The highest BCUT2D eigenvalue weighted by molar-refractivity contribution is 5.81. The van der Waals surface area contributed by atoms with Crippen molar-refractivity contribution < 1.29 is 8.78 Å². The van der Waals surface area contributed by atoms with Crippen LogP contribution in [-0.4, -0.2) is 68.8 Å². The van der Waals surface area contributed by atoms with Crippen LogP contribution in [0.5, 0.6) is 0 Å². The Morgan fingerprint density at radius 3 is 2.43 bits per heavy atom. The van der Waals surface area contributed by atoms with Gasteiger partial charge in [0.1, 0.15) is 5.52 Å². The van der Waals surface area contributed by atoms with Gasteiger partial charge in [0.05, 0.1) is 11.1 Å². The van der Waals surface area contributed by atoms with E-state index in [1.165, 1.54) is 6.20 Å². The van der Waals surface area contributed by atoms with Gasteiger partial charge in [-0.25, -0.2) is 23.7 Å². The lowest BCUT2D eigenvalue weighted by molar-refractivity contribution is -0.0875. The predicted octanol–water partition coefficient (Wildman–Crippen LogP) is 3.58. The molecule has 6 rings (SSSR count). The summed E-state index contributed by atoms with van der Waals surface area (Å²) in [6.07, 6.45) is 2.29. The summed E-state index contributed by atoms with van der Waals surface area (Å²) in [6, 6.07) is 13.1. The molecule has 1 aliphatic carbocycles. The topological polar surface area (TPSA) is 92.1 Å². The molecular weight excluding hydrogens is 478 g/mol. The van der Waals surface area contributed by atoms with Gasteiger partial charge in [0.25, 0.3) is 5.56 Å². The Balaban J connectivity index is 1.33. The van der Waals surface area contributed by atoms with E-state index in [9.17, 15) is 13.6 Å². The Morgan fingerprint density at radius 2 is 1.76 bits per heavy atom. The highest BCUT2D eigenvalue weighted by Crippen LogP contribution is 2.48. The molecule has 0 bridgehead atoms. The number of aromatic nitrogens is 5.